The van der Waals surface area contributed by atoms with Crippen LogP contribution in [0.5, 0.6) is 11.5 Å². The van der Waals surface area contributed by atoms with Gasteiger partial charge in [-0.25, -0.2) is 9.59 Å². The van der Waals surface area contributed by atoms with E-state index in [9.17, 15) is 9.59 Å². The van der Waals surface area contributed by atoms with Crippen molar-refractivity contribution in [2.75, 3.05) is 28.6 Å². The van der Waals surface area contributed by atoms with E-state index in [0.717, 1.165) is 5.56 Å². The van der Waals surface area contributed by atoms with Crippen molar-refractivity contribution in [3.05, 3.63) is 114 Å². The maximum atomic E-state index is 13.2. The molecule has 3 N–H and O–H groups in total. The summed E-state index contributed by atoms with van der Waals surface area (Å²) in [6, 6.07) is 32.0. The lowest BCUT2D eigenvalue weighted by Gasteiger charge is -2.24. The highest BCUT2D eigenvalue weighted by Crippen LogP contribution is 2.25. The molecule has 0 unspecified atom stereocenters. The van der Waals surface area contributed by atoms with Crippen molar-refractivity contribution in [1.82, 2.24) is 5.32 Å². The maximum Gasteiger partial charge on any atom is 0.326 e. The van der Waals surface area contributed by atoms with Gasteiger partial charge in [0.2, 0.25) is 0 Å². The van der Waals surface area contributed by atoms with E-state index in [1.165, 1.54) is 0 Å². The first-order chi connectivity index (χ1) is 18.5. The number of ether oxygens (including phenoxy) is 1. The minimum absolute atomic E-state index is 0.188. The summed E-state index contributed by atoms with van der Waals surface area (Å²) in [6.45, 7) is 2.37. The van der Waals surface area contributed by atoms with Gasteiger partial charge in [-0.2, -0.15) is 5.26 Å². The molecule has 0 fully saturated rings. The van der Waals surface area contributed by atoms with E-state index in [1.807, 2.05) is 67.6 Å². The van der Waals surface area contributed by atoms with Gasteiger partial charge in [-0.05, 0) is 73.7 Å². The molecule has 0 aliphatic carbocycles. The molecule has 0 aromatic heterocycles. The van der Waals surface area contributed by atoms with Gasteiger partial charge in [0, 0.05) is 30.2 Å². The van der Waals surface area contributed by atoms with Gasteiger partial charge in [-0.3, -0.25) is 4.90 Å². The van der Waals surface area contributed by atoms with Crippen LogP contribution >= 0.6 is 0 Å². The molecule has 0 spiro atoms. The van der Waals surface area contributed by atoms with Gasteiger partial charge in [-0.1, -0.05) is 42.0 Å². The molecule has 190 valence electrons. The molecule has 8 heteroatoms. The molecule has 38 heavy (non-hydrogen) atoms. The Morgan fingerprint density at radius 3 is 2.24 bits per heavy atom. The first-order valence-electron chi connectivity index (χ1n) is 12.0. The molecule has 0 atom stereocenters. The number of hydrogen-bond acceptors (Lipinski definition) is 4. The monoisotopic (exact) mass is 505 g/mol. The Kier molecular flexibility index (Phi) is 8.56. The molecular weight excluding hydrogens is 478 g/mol. The number of amides is 4. The third kappa shape index (κ3) is 7.35. The van der Waals surface area contributed by atoms with Crippen molar-refractivity contribution in [3.8, 4) is 17.6 Å². The molecule has 0 heterocycles. The maximum absolute atomic E-state index is 13.2. The SMILES string of the molecule is Cc1ccc(NC(=O)N(CCNC(=O)Nc2cccc(C#N)c2)c2ccc(Oc3ccccc3)cc2)cc1. The summed E-state index contributed by atoms with van der Waals surface area (Å²) in [5.74, 6) is 1.35. The number of carbonyl (C=O) groups is 2. The Morgan fingerprint density at radius 1 is 0.816 bits per heavy atom. The van der Waals surface area contributed by atoms with Crippen molar-refractivity contribution in [2.24, 2.45) is 0 Å². The normalized spacial score (nSPS) is 10.1. The highest BCUT2D eigenvalue weighted by Gasteiger charge is 2.17. The number of urea groups is 2. The number of hydrogen-bond donors (Lipinski definition) is 3. The lowest BCUT2D eigenvalue weighted by atomic mass is 10.2. The molecule has 8 nitrogen and oxygen atoms in total. The second-order valence-electron chi connectivity index (χ2n) is 8.43. The zero-order valence-corrected chi connectivity index (χ0v) is 20.8. The molecule has 0 bridgehead atoms. The highest BCUT2D eigenvalue weighted by molar-refractivity contribution is 6.01. The van der Waals surface area contributed by atoms with Crippen molar-refractivity contribution in [2.45, 2.75) is 6.92 Å². The van der Waals surface area contributed by atoms with Crippen LogP contribution in [0.15, 0.2) is 103 Å². The molecule has 4 amide bonds. The van der Waals surface area contributed by atoms with E-state index < -0.39 is 6.03 Å². The highest BCUT2D eigenvalue weighted by atomic mass is 16.5. The minimum atomic E-state index is -0.439. The van der Waals surface area contributed by atoms with Crippen molar-refractivity contribution < 1.29 is 14.3 Å². The third-order valence-corrected chi connectivity index (χ3v) is 5.55. The second kappa shape index (κ2) is 12.6. The van der Waals surface area contributed by atoms with Crippen molar-refractivity contribution >= 4 is 29.1 Å². The van der Waals surface area contributed by atoms with Crippen LogP contribution in [-0.4, -0.2) is 25.2 Å². The van der Waals surface area contributed by atoms with Gasteiger partial charge >= 0.3 is 12.1 Å². The van der Waals surface area contributed by atoms with E-state index in [1.54, 1.807) is 53.4 Å². The summed E-state index contributed by atoms with van der Waals surface area (Å²) in [4.78, 5) is 27.2. The van der Waals surface area contributed by atoms with E-state index in [2.05, 4.69) is 16.0 Å². The van der Waals surface area contributed by atoms with Crippen LogP contribution in [0.25, 0.3) is 0 Å². The van der Waals surface area contributed by atoms with Crippen LogP contribution in [0.2, 0.25) is 0 Å². The quantitative estimate of drug-likeness (QED) is 0.253. The van der Waals surface area contributed by atoms with Gasteiger partial charge < -0.3 is 20.7 Å². The molecule has 4 aromatic carbocycles. The van der Waals surface area contributed by atoms with E-state index in [0.29, 0.717) is 34.1 Å². The van der Waals surface area contributed by atoms with Crippen LogP contribution in [0, 0.1) is 18.3 Å². The molecule has 0 aliphatic heterocycles. The number of para-hydroxylation sites is 1. The average Bonchev–Trinajstić information content (AvgIpc) is 2.93. The Bertz CT molecular complexity index is 1420. The molecule has 0 aliphatic rings. The smallest absolute Gasteiger partial charge is 0.326 e. The van der Waals surface area contributed by atoms with Gasteiger partial charge in [0.05, 0.1) is 11.6 Å². The lowest BCUT2D eigenvalue weighted by Crippen LogP contribution is -2.42. The van der Waals surface area contributed by atoms with Crippen molar-refractivity contribution in [1.29, 1.82) is 5.26 Å². The molecule has 4 aromatic rings. The van der Waals surface area contributed by atoms with Crippen LogP contribution in [-0.2, 0) is 0 Å². The van der Waals surface area contributed by atoms with Crippen LogP contribution in [0.4, 0.5) is 26.7 Å². The summed E-state index contributed by atoms with van der Waals surface area (Å²) < 4.78 is 5.86. The van der Waals surface area contributed by atoms with Crippen LogP contribution in [0.3, 0.4) is 0 Å². The van der Waals surface area contributed by atoms with Crippen LogP contribution in [0.1, 0.15) is 11.1 Å². The first kappa shape index (κ1) is 25.8. The van der Waals surface area contributed by atoms with E-state index in [-0.39, 0.29) is 19.1 Å². The summed E-state index contributed by atoms with van der Waals surface area (Å²) in [5.41, 5.74) is 3.34. The average molecular weight is 506 g/mol. The number of aryl methyl sites for hydroxylation is 1. The summed E-state index contributed by atoms with van der Waals surface area (Å²) in [7, 11) is 0. The molecular formula is C30H27N5O3. The van der Waals surface area contributed by atoms with Crippen LogP contribution < -0.4 is 25.6 Å². The topological polar surface area (TPSA) is 106 Å². The number of nitriles is 1. The summed E-state index contributed by atoms with van der Waals surface area (Å²) >= 11 is 0. The molecule has 4 rings (SSSR count). The predicted octanol–water partition coefficient (Wildman–Crippen LogP) is 6.52. The van der Waals surface area contributed by atoms with Gasteiger partial charge in [-0.15, -0.1) is 0 Å². The number of nitrogens with one attached hydrogen (secondary N) is 3. The Morgan fingerprint density at radius 2 is 1.53 bits per heavy atom. The number of rotatable bonds is 8. The number of nitrogens with zero attached hydrogens (tertiary/aromatic N) is 2. The summed E-state index contributed by atoms with van der Waals surface area (Å²) in [5, 5.41) is 17.4. The zero-order valence-electron chi connectivity index (χ0n) is 20.8. The standard InChI is InChI=1S/C30H27N5O3/c1-22-10-12-24(13-11-22)34-30(37)35(19-18-32-29(36)33-25-7-5-6-23(20-25)21-31)26-14-16-28(17-15-26)38-27-8-3-2-4-9-27/h2-17,20H,18-19H2,1H3,(H,34,37)(H2,32,33,36). The number of anilines is 3. The van der Waals surface area contributed by atoms with E-state index >= 15 is 0 Å². The fourth-order valence-electron chi connectivity index (χ4n) is 3.62. The van der Waals surface area contributed by atoms with Gasteiger partial charge in [0.25, 0.3) is 0 Å². The second-order valence-corrected chi connectivity index (χ2v) is 8.43. The minimum Gasteiger partial charge on any atom is -0.457 e. The fourth-order valence-corrected chi connectivity index (χ4v) is 3.62. The largest absolute Gasteiger partial charge is 0.457 e. The number of carbonyl (C=O) groups excluding carboxylic acids is 2. The Labute approximate surface area is 221 Å². The zero-order chi connectivity index (χ0) is 26.7. The fraction of sp³-hybridized carbons (Fsp3) is 0.100. The molecule has 0 radical (unpaired) electrons. The molecule has 0 saturated heterocycles. The van der Waals surface area contributed by atoms with Gasteiger partial charge in [0.15, 0.2) is 0 Å². The first-order valence-corrected chi connectivity index (χ1v) is 12.0. The Balaban J connectivity index is 1.43. The predicted molar refractivity (Wildman–Crippen MR) is 149 cm³/mol. The number of benzene rings is 4. The van der Waals surface area contributed by atoms with Crippen molar-refractivity contribution in [3.63, 3.8) is 0 Å². The lowest BCUT2D eigenvalue weighted by molar-refractivity contribution is 0.250. The summed E-state index contributed by atoms with van der Waals surface area (Å²) in [6.07, 6.45) is 0. The Hall–Kier alpha value is -5.29. The third-order valence-electron chi connectivity index (χ3n) is 5.55. The van der Waals surface area contributed by atoms with E-state index in [4.69, 9.17) is 10.00 Å². The van der Waals surface area contributed by atoms with Gasteiger partial charge in [0.1, 0.15) is 11.5 Å². The molecule has 0 saturated carbocycles.